The molecule has 0 spiro atoms. The van der Waals surface area contributed by atoms with Crippen molar-refractivity contribution < 1.29 is 19.4 Å². The maximum absolute atomic E-state index is 11.2. The molecule has 132 valence electrons. The van der Waals surface area contributed by atoms with E-state index >= 15 is 0 Å². The molecular weight excluding hydrogens is 288 g/mol. The number of rotatable bonds is 0. The lowest BCUT2D eigenvalue weighted by Gasteiger charge is -2.61. The molecule has 4 fully saturated rings. The monoisotopic (exact) mass is 325 g/mol. The van der Waals surface area contributed by atoms with Crippen LogP contribution in [0, 0.1) is 34.5 Å². The zero-order valence-corrected chi connectivity index (χ0v) is 14.5. The van der Waals surface area contributed by atoms with Gasteiger partial charge in [0, 0.05) is 9.53 Å². The average Bonchev–Trinajstić information content (AvgIpc) is 2.76. The Morgan fingerprint density at radius 2 is 1.74 bits per heavy atom. The molecule has 0 amide bonds. The highest BCUT2D eigenvalue weighted by atomic mass is 16.3. The molecule has 3 N–H and O–H groups in total. The van der Waals surface area contributed by atoms with Crippen molar-refractivity contribution >= 4 is 0 Å². The van der Waals surface area contributed by atoms with Gasteiger partial charge in [0.25, 0.3) is 0 Å². The lowest BCUT2D eigenvalue weighted by atomic mass is 9.44. The molecule has 4 saturated carbocycles. The van der Waals surface area contributed by atoms with Crippen molar-refractivity contribution in [1.29, 1.82) is 0 Å². The van der Waals surface area contributed by atoms with Gasteiger partial charge in [-0.15, -0.1) is 0 Å². The van der Waals surface area contributed by atoms with Crippen molar-refractivity contribution in [2.75, 3.05) is 0 Å². The van der Waals surface area contributed by atoms with Crippen LogP contribution < -0.4 is 0 Å². The summed E-state index contributed by atoms with van der Waals surface area (Å²) < 4.78 is 23.8. The second kappa shape index (κ2) is 4.95. The van der Waals surface area contributed by atoms with Gasteiger partial charge in [-0.25, -0.2) is 0 Å². The van der Waals surface area contributed by atoms with Crippen LogP contribution in [0.1, 0.15) is 76.2 Å². The largest absolute Gasteiger partial charge is 0.393 e. The molecule has 3 heteroatoms. The van der Waals surface area contributed by atoms with Crippen LogP contribution in [0.4, 0.5) is 0 Å². The summed E-state index contributed by atoms with van der Waals surface area (Å²) >= 11 is 0. The number of aliphatic hydroxyl groups is 3. The van der Waals surface area contributed by atoms with Gasteiger partial charge in [-0.05, 0) is 87.3 Å². The first-order valence-electron chi connectivity index (χ1n) is 11.0. The lowest BCUT2D eigenvalue weighted by molar-refractivity contribution is -0.164. The highest BCUT2D eigenvalue weighted by molar-refractivity contribution is 5.15. The predicted molar refractivity (Wildman–Crippen MR) is 89.7 cm³/mol. The quantitative estimate of drug-likeness (QED) is 0.641. The van der Waals surface area contributed by atoms with E-state index in [1.165, 1.54) is 0 Å². The number of hydrogen-bond donors (Lipinski definition) is 3. The van der Waals surface area contributed by atoms with Gasteiger partial charge in [0.2, 0.25) is 0 Å². The zero-order chi connectivity index (χ0) is 19.1. The van der Waals surface area contributed by atoms with E-state index < -0.39 is 24.0 Å². The Morgan fingerprint density at radius 1 is 0.957 bits per heavy atom. The van der Waals surface area contributed by atoms with Gasteiger partial charge >= 0.3 is 0 Å². The molecule has 23 heavy (non-hydrogen) atoms. The maximum Gasteiger partial charge on any atom is 0.0933 e. The Balaban J connectivity index is 1.68. The van der Waals surface area contributed by atoms with Gasteiger partial charge in [0.15, 0.2) is 0 Å². The fourth-order valence-corrected chi connectivity index (χ4v) is 7.26. The summed E-state index contributed by atoms with van der Waals surface area (Å²) in [5.74, 6) is 1.49. The van der Waals surface area contributed by atoms with Gasteiger partial charge in [0.1, 0.15) is 0 Å². The van der Waals surface area contributed by atoms with Crippen molar-refractivity contribution in [2.24, 2.45) is 34.5 Å². The minimum atomic E-state index is -2.57. The van der Waals surface area contributed by atoms with Gasteiger partial charge in [-0.2, -0.15) is 0 Å². The Kier molecular flexibility index (Phi) is 2.83. The molecule has 0 radical (unpaired) electrons. The number of fused-ring (bicyclic) bond motifs is 5. The summed E-state index contributed by atoms with van der Waals surface area (Å²) in [5, 5.41) is 32.0. The van der Waals surface area contributed by atoms with Crippen molar-refractivity contribution in [3.63, 3.8) is 0 Å². The minimum Gasteiger partial charge on any atom is -0.393 e. The van der Waals surface area contributed by atoms with Crippen LogP contribution >= 0.6 is 0 Å². The SMILES string of the molecule is [2H]C([2H])([2H])[C@]1(O)[C@@H](O)C[C@H]2[C@@H]3CC[C@@H]4C[C@@H](O)CC[C@]4(C)[C@H]3CC[C@@]21C. The third-order valence-corrected chi connectivity index (χ3v) is 8.86. The van der Waals surface area contributed by atoms with E-state index in [1.807, 2.05) is 6.92 Å². The van der Waals surface area contributed by atoms with E-state index in [0.717, 1.165) is 38.5 Å². The van der Waals surface area contributed by atoms with E-state index in [0.29, 0.717) is 30.6 Å². The van der Waals surface area contributed by atoms with Crippen molar-refractivity contribution in [3.05, 3.63) is 0 Å². The van der Waals surface area contributed by atoms with Gasteiger partial charge < -0.3 is 15.3 Å². The molecule has 4 rings (SSSR count). The molecule has 9 atom stereocenters. The molecule has 0 saturated heterocycles. The molecule has 0 aromatic carbocycles. The van der Waals surface area contributed by atoms with E-state index in [1.54, 1.807) is 0 Å². The fourth-order valence-electron chi connectivity index (χ4n) is 7.26. The van der Waals surface area contributed by atoms with Gasteiger partial charge in [-0.3, -0.25) is 0 Å². The van der Waals surface area contributed by atoms with Gasteiger partial charge in [0.05, 0.1) is 17.8 Å². The summed E-state index contributed by atoms with van der Waals surface area (Å²) in [4.78, 5) is 0. The van der Waals surface area contributed by atoms with Crippen molar-refractivity contribution in [3.8, 4) is 0 Å². The molecule has 0 aromatic rings. The third kappa shape index (κ3) is 1.99. The standard InChI is InChI=1S/C20H34O3/c1-18-8-6-13(21)10-12(18)4-5-14-15(18)7-9-19(2)16(14)11-17(22)20(19,3)23/h12-17,21-23H,4-11H2,1-3H3/t12-,13+,14-,15+,16+,17+,18+,19+,20+/m1/s1/i3D3. The highest BCUT2D eigenvalue weighted by Crippen LogP contribution is 2.68. The number of hydrogen-bond acceptors (Lipinski definition) is 3. The smallest absolute Gasteiger partial charge is 0.0933 e. The van der Waals surface area contributed by atoms with Crippen LogP contribution in [0.15, 0.2) is 0 Å². The third-order valence-electron chi connectivity index (χ3n) is 8.86. The van der Waals surface area contributed by atoms with E-state index in [2.05, 4.69) is 6.92 Å². The summed E-state index contributed by atoms with van der Waals surface area (Å²) in [6.07, 6.45) is 5.52. The van der Waals surface area contributed by atoms with Crippen LogP contribution in [0.2, 0.25) is 0 Å². The molecular formula is C20H34O3. The topological polar surface area (TPSA) is 60.7 Å². The Morgan fingerprint density at radius 3 is 2.48 bits per heavy atom. The van der Waals surface area contributed by atoms with Crippen molar-refractivity contribution in [2.45, 2.75) is 89.9 Å². The minimum absolute atomic E-state index is 0.0614. The molecule has 0 heterocycles. The molecule has 0 aliphatic heterocycles. The summed E-state index contributed by atoms with van der Waals surface area (Å²) in [7, 11) is 0. The second-order valence-electron chi connectivity index (χ2n) is 9.56. The summed E-state index contributed by atoms with van der Waals surface area (Å²) in [6.45, 7) is 1.72. The van der Waals surface area contributed by atoms with E-state index in [9.17, 15) is 15.3 Å². The first-order valence-corrected chi connectivity index (χ1v) is 9.53. The van der Waals surface area contributed by atoms with Gasteiger partial charge in [-0.1, -0.05) is 13.8 Å². The van der Waals surface area contributed by atoms with Crippen LogP contribution in [-0.4, -0.2) is 33.1 Å². The summed E-state index contributed by atoms with van der Waals surface area (Å²) in [5.41, 5.74) is -2.55. The van der Waals surface area contributed by atoms with Crippen LogP contribution in [0.3, 0.4) is 0 Å². The van der Waals surface area contributed by atoms with E-state index in [4.69, 9.17) is 4.11 Å². The zero-order valence-electron chi connectivity index (χ0n) is 17.5. The second-order valence-corrected chi connectivity index (χ2v) is 9.56. The number of aliphatic hydroxyl groups excluding tert-OH is 2. The van der Waals surface area contributed by atoms with Crippen LogP contribution in [0.25, 0.3) is 0 Å². The summed E-state index contributed by atoms with van der Waals surface area (Å²) in [6, 6.07) is 0. The normalized spacial score (nSPS) is 64.8. The average molecular weight is 326 g/mol. The molecule has 4 aliphatic rings. The molecule has 3 nitrogen and oxygen atoms in total. The molecule has 0 aromatic heterocycles. The molecule has 0 bridgehead atoms. The first kappa shape index (κ1) is 13.1. The Hall–Kier alpha value is -0.120. The predicted octanol–water partition coefficient (Wildman–Crippen LogP) is 3.11. The fraction of sp³-hybridized carbons (Fsp3) is 1.00. The molecule has 0 unspecified atom stereocenters. The Labute approximate surface area is 144 Å². The first-order chi connectivity index (χ1) is 11.9. The van der Waals surface area contributed by atoms with Crippen LogP contribution in [0.5, 0.6) is 0 Å². The maximum atomic E-state index is 11.2. The van der Waals surface area contributed by atoms with Crippen molar-refractivity contribution in [1.82, 2.24) is 0 Å². The van der Waals surface area contributed by atoms with Crippen LogP contribution in [-0.2, 0) is 0 Å². The highest BCUT2D eigenvalue weighted by Gasteiger charge is 2.66. The lowest BCUT2D eigenvalue weighted by Crippen LogP contribution is -2.57. The molecule has 4 aliphatic carbocycles. The Bertz CT molecular complexity index is 581. The van der Waals surface area contributed by atoms with E-state index in [-0.39, 0.29) is 17.4 Å².